The zero-order valence-corrected chi connectivity index (χ0v) is 12.1. The topological polar surface area (TPSA) is 27.0 Å². The van der Waals surface area contributed by atoms with E-state index in [0.29, 0.717) is 18.2 Å². The maximum Gasteiger partial charge on any atom is 0.123 e. The van der Waals surface area contributed by atoms with Gasteiger partial charge < -0.3 is 0 Å². The van der Waals surface area contributed by atoms with Crippen molar-refractivity contribution >= 4 is 11.3 Å². The minimum absolute atomic E-state index is 0.278. The van der Waals surface area contributed by atoms with Crippen LogP contribution in [-0.2, 0) is 13.0 Å². The molecule has 0 saturated carbocycles. The quantitative estimate of drug-likeness (QED) is 0.837. The summed E-state index contributed by atoms with van der Waals surface area (Å²) in [6.45, 7) is 3.75. The number of benzene rings is 1. The van der Waals surface area contributed by atoms with Crippen LogP contribution in [0.15, 0.2) is 29.6 Å². The molecule has 3 rings (SSSR count). The molecule has 0 N–H and O–H groups in total. The van der Waals surface area contributed by atoms with Crippen LogP contribution in [0, 0.1) is 17.1 Å². The van der Waals surface area contributed by atoms with Gasteiger partial charge >= 0.3 is 0 Å². The third-order valence-corrected chi connectivity index (χ3v) is 4.96. The number of fused-ring (bicyclic) bond motifs is 1. The van der Waals surface area contributed by atoms with Gasteiger partial charge in [0, 0.05) is 24.0 Å². The molecule has 1 aliphatic heterocycles. The minimum atomic E-state index is -0.278. The highest BCUT2D eigenvalue weighted by atomic mass is 32.1. The lowest BCUT2D eigenvalue weighted by molar-refractivity contribution is 0.191. The monoisotopic (exact) mass is 286 g/mol. The molecule has 2 heterocycles. The first kappa shape index (κ1) is 13.3. The average Bonchev–Trinajstić information content (AvgIpc) is 2.91. The SMILES string of the molecule is CC1c2ccsc2CCN1Cc1cc(F)ccc1C#N. The van der Waals surface area contributed by atoms with Crippen LogP contribution in [0.4, 0.5) is 4.39 Å². The number of halogens is 1. The summed E-state index contributed by atoms with van der Waals surface area (Å²) in [4.78, 5) is 3.76. The fraction of sp³-hybridized carbons (Fsp3) is 0.312. The molecular formula is C16H15FN2S. The van der Waals surface area contributed by atoms with Gasteiger partial charge in [-0.3, -0.25) is 4.90 Å². The molecular weight excluding hydrogens is 271 g/mol. The molecule has 0 radical (unpaired) electrons. The van der Waals surface area contributed by atoms with Crippen LogP contribution in [0.3, 0.4) is 0 Å². The molecule has 2 aromatic rings. The van der Waals surface area contributed by atoms with E-state index in [1.54, 1.807) is 6.07 Å². The summed E-state index contributed by atoms with van der Waals surface area (Å²) in [6.07, 6.45) is 1.04. The standard InChI is InChI=1S/C16H15FN2S/c1-11-15-5-7-20-16(15)4-6-19(11)10-13-8-14(17)3-2-12(13)9-18/h2-3,5,7-8,11H,4,6,10H2,1H3. The predicted molar refractivity (Wildman–Crippen MR) is 78.0 cm³/mol. The molecule has 0 amide bonds. The summed E-state index contributed by atoms with van der Waals surface area (Å²) in [5.74, 6) is -0.278. The smallest absolute Gasteiger partial charge is 0.123 e. The van der Waals surface area contributed by atoms with Crippen molar-refractivity contribution in [2.45, 2.75) is 25.9 Å². The summed E-state index contributed by atoms with van der Waals surface area (Å²) in [6, 6.07) is 9.03. The van der Waals surface area contributed by atoms with Gasteiger partial charge in [0.25, 0.3) is 0 Å². The van der Waals surface area contributed by atoms with E-state index in [0.717, 1.165) is 18.5 Å². The second-order valence-corrected chi connectivity index (χ2v) is 6.11. The minimum Gasteiger partial charge on any atom is -0.292 e. The van der Waals surface area contributed by atoms with E-state index in [4.69, 9.17) is 5.26 Å². The van der Waals surface area contributed by atoms with E-state index in [-0.39, 0.29) is 5.82 Å². The van der Waals surface area contributed by atoms with Crippen LogP contribution in [0.25, 0.3) is 0 Å². The summed E-state index contributed by atoms with van der Waals surface area (Å²) >= 11 is 1.81. The molecule has 1 aromatic carbocycles. The molecule has 0 aliphatic carbocycles. The summed E-state index contributed by atoms with van der Waals surface area (Å²) in [7, 11) is 0. The lowest BCUT2D eigenvalue weighted by Gasteiger charge is -2.33. The van der Waals surface area contributed by atoms with E-state index >= 15 is 0 Å². The molecule has 0 saturated heterocycles. The van der Waals surface area contributed by atoms with E-state index in [2.05, 4.69) is 29.3 Å². The Kier molecular flexibility index (Phi) is 3.56. The normalized spacial score (nSPS) is 18.6. The lowest BCUT2D eigenvalue weighted by Crippen LogP contribution is -2.32. The van der Waals surface area contributed by atoms with Crippen molar-refractivity contribution in [1.29, 1.82) is 5.26 Å². The third kappa shape index (κ3) is 2.35. The molecule has 1 aliphatic rings. The fourth-order valence-corrected chi connectivity index (χ4v) is 3.76. The zero-order chi connectivity index (χ0) is 14.1. The number of thiophene rings is 1. The Balaban J connectivity index is 1.86. The molecule has 1 atom stereocenters. The van der Waals surface area contributed by atoms with Gasteiger partial charge in [0.05, 0.1) is 11.6 Å². The van der Waals surface area contributed by atoms with Crippen LogP contribution < -0.4 is 0 Å². The molecule has 1 unspecified atom stereocenters. The molecule has 20 heavy (non-hydrogen) atoms. The Bertz CT molecular complexity index is 671. The van der Waals surface area contributed by atoms with Gasteiger partial charge in [0.2, 0.25) is 0 Å². The molecule has 4 heteroatoms. The van der Waals surface area contributed by atoms with Crippen molar-refractivity contribution in [3.63, 3.8) is 0 Å². The largest absolute Gasteiger partial charge is 0.292 e. The lowest BCUT2D eigenvalue weighted by atomic mass is 9.99. The van der Waals surface area contributed by atoms with Crippen LogP contribution in [-0.4, -0.2) is 11.4 Å². The van der Waals surface area contributed by atoms with Crippen LogP contribution in [0.5, 0.6) is 0 Å². The maximum atomic E-state index is 13.4. The Labute approximate surface area is 122 Å². The highest BCUT2D eigenvalue weighted by molar-refractivity contribution is 7.10. The highest BCUT2D eigenvalue weighted by Crippen LogP contribution is 2.33. The van der Waals surface area contributed by atoms with E-state index in [1.165, 1.54) is 22.6 Å². The van der Waals surface area contributed by atoms with Crippen molar-refractivity contribution in [2.75, 3.05) is 6.54 Å². The Hall–Kier alpha value is -1.70. The number of nitriles is 1. The van der Waals surface area contributed by atoms with Crippen molar-refractivity contribution in [3.05, 3.63) is 57.0 Å². The average molecular weight is 286 g/mol. The summed E-state index contributed by atoms with van der Waals surface area (Å²) < 4.78 is 13.4. The van der Waals surface area contributed by atoms with Gasteiger partial charge in [-0.1, -0.05) is 0 Å². The molecule has 2 nitrogen and oxygen atoms in total. The van der Waals surface area contributed by atoms with Crippen molar-refractivity contribution in [1.82, 2.24) is 4.90 Å². The number of hydrogen-bond acceptors (Lipinski definition) is 3. The summed E-state index contributed by atoms with van der Waals surface area (Å²) in [5.41, 5.74) is 2.71. The van der Waals surface area contributed by atoms with Crippen molar-refractivity contribution < 1.29 is 4.39 Å². The summed E-state index contributed by atoms with van der Waals surface area (Å²) in [5, 5.41) is 11.3. The number of rotatable bonds is 2. The predicted octanol–water partition coefficient (Wildman–Crippen LogP) is 3.88. The van der Waals surface area contributed by atoms with Crippen molar-refractivity contribution in [3.8, 4) is 6.07 Å². The van der Waals surface area contributed by atoms with Gasteiger partial charge in [0.15, 0.2) is 0 Å². The molecule has 0 bridgehead atoms. The van der Waals surface area contributed by atoms with Gasteiger partial charge in [-0.2, -0.15) is 5.26 Å². The zero-order valence-electron chi connectivity index (χ0n) is 11.3. The van der Waals surface area contributed by atoms with Crippen LogP contribution in [0.1, 0.15) is 34.5 Å². The van der Waals surface area contributed by atoms with Gasteiger partial charge in [-0.15, -0.1) is 11.3 Å². The van der Waals surface area contributed by atoms with E-state index in [1.807, 2.05) is 11.3 Å². The number of hydrogen-bond donors (Lipinski definition) is 0. The fourth-order valence-electron chi connectivity index (χ4n) is 2.80. The highest BCUT2D eigenvalue weighted by Gasteiger charge is 2.25. The Morgan fingerprint density at radius 3 is 3.10 bits per heavy atom. The van der Waals surface area contributed by atoms with Crippen LogP contribution >= 0.6 is 11.3 Å². The maximum absolute atomic E-state index is 13.4. The van der Waals surface area contributed by atoms with Gasteiger partial charge in [-0.25, -0.2) is 4.39 Å². The molecule has 0 spiro atoms. The molecule has 1 aromatic heterocycles. The van der Waals surface area contributed by atoms with Gasteiger partial charge in [0.1, 0.15) is 5.82 Å². The Morgan fingerprint density at radius 1 is 1.45 bits per heavy atom. The first-order valence-corrected chi connectivity index (χ1v) is 7.56. The van der Waals surface area contributed by atoms with E-state index < -0.39 is 0 Å². The molecule has 102 valence electrons. The first-order chi connectivity index (χ1) is 9.69. The third-order valence-electron chi connectivity index (χ3n) is 3.96. The van der Waals surface area contributed by atoms with E-state index in [9.17, 15) is 4.39 Å². The first-order valence-electron chi connectivity index (χ1n) is 6.68. The molecule has 0 fully saturated rings. The Morgan fingerprint density at radius 2 is 2.30 bits per heavy atom. The van der Waals surface area contributed by atoms with Crippen LogP contribution in [0.2, 0.25) is 0 Å². The second kappa shape index (κ2) is 5.35. The van der Waals surface area contributed by atoms with Crippen molar-refractivity contribution in [2.24, 2.45) is 0 Å². The van der Waals surface area contributed by atoms with Gasteiger partial charge in [-0.05, 0) is 54.1 Å². The number of nitrogens with zero attached hydrogens (tertiary/aromatic N) is 2. The second-order valence-electron chi connectivity index (χ2n) is 5.11.